The van der Waals surface area contributed by atoms with Crippen LogP contribution in [0.4, 0.5) is 5.69 Å². The van der Waals surface area contributed by atoms with Crippen LogP contribution in [0.1, 0.15) is 13.3 Å². The number of hydrogen-bond acceptors (Lipinski definition) is 5. The molecule has 2 amide bonds. The minimum absolute atomic E-state index is 0. The molecule has 0 aliphatic rings. The van der Waals surface area contributed by atoms with Crippen LogP contribution in [0.25, 0.3) is 0 Å². The van der Waals surface area contributed by atoms with Crippen LogP contribution in [0.5, 0.6) is 11.5 Å². The largest absolute Gasteiger partial charge is 0.493 e. The Hall–Kier alpha value is -1.99. The predicted molar refractivity (Wildman–Crippen MR) is 81.8 cm³/mol. The van der Waals surface area contributed by atoms with Gasteiger partial charge in [-0.2, -0.15) is 0 Å². The number of nitrogens with one attached hydrogen (secondary N) is 1. The van der Waals surface area contributed by atoms with E-state index in [1.165, 1.54) is 7.11 Å². The van der Waals surface area contributed by atoms with Crippen molar-refractivity contribution in [3.63, 3.8) is 0 Å². The van der Waals surface area contributed by atoms with E-state index in [0.717, 1.165) is 0 Å². The molecule has 0 radical (unpaired) electrons. The van der Waals surface area contributed by atoms with E-state index < -0.39 is 17.9 Å². The van der Waals surface area contributed by atoms with Crippen molar-refractivity contribution >= 4 is 29.9 Å². The van der Waals surface area contributed by atoms with Crippen molar-refractivity contribution in [1.82, 2.24) is 0 Å². The molecule has 0 fully saturated rings. The molecule has 0 saturated carbocycles. The van der Waals surface area contributed by atoms with Crippen LogP contribution in [0.3, 0.4) is 0 Å². The van der Waals surface area contributed by atoms with Gasteiger partial charge in [-0.1, -0.05) is 0 Å². The summed E-state index contributed by atoms with van der Waals surface area (Å²) in [4.78, 5) is 22.5. The highest BCUT2D eigenvalue weighted by Crippen LogP contribution is 2.30. The number of anilines is 1. The molecule has 0 saturated heterocycles. The van der Waals surface area contributed by atoms with Crippen molar-refractivity contribution in [2.45, 2.75) is 19.4 Å². The minimum atomic E-state index is -0.981. The summed E-state index contributed by atoms with van der Waals surface area (Å²) in [5.74, 6) is -0.0450. The molecule has 1 atom stereocenters. The van der Waals surface area contributed by atoms with Crippen molar-refractivity contribution in [2.24, 2.45) is 11.5 Å². The number of benzene rings is 1. The summed E-state index contributed by atoms with van der Waals surface area (Å²) >= 11 is 0. The molecule has 5 N–H and O–H groups in total. The summed E-state index contributed by atoms with van der Waals surface area (Å²) in [6.07, 6.45) is -0.208. The third-order valence-corrected chi connectivity index (χ3v) is 2.49. The molecular formula is C13H20ClN3O4. The molecule has 0 heterocycles. The molecule has 21 heavy (non-hydrogen) atoms. The Morgan fingerprint density at radius 2 is 2.00 bits per heavy atom. The molecule has 1 rings (SSSR count). The molecule has 0 aromatic heterocycles. The first-order valence-electron chi connectivity index (χ1n) is 6.13. The van der Waals surface area contributed by atoms with Crippen molar-refractivity contribution in [3.8, 4) is 11.5 Å². The quantitative estimate of drug-likeness (QED) is 0.683. The Kier molecular flexibility index (Phi) is 8.18. The summed E-state index contributed by atoms with van der Waals surface area (Å²) in [5.41, 5.74) is 11.0. The van der Waals surface area contributed by atoms with Crippen LogP contribution < -0.4 is 26.3 Å². The zero-order chi connectivity index (χ0) is 15.1. The topological polar surface area (TPSA) is 117 Å². The van der Waals surface area contributed by atoms with Crippen molar-refractivity contribution in [1.29, 1.82) is 0 Å². The van der Waals surface area contributed by atoms with Gasteiger partial charge < -0.3 is 26.3 Å². The number of hydrogen-bond donors (Lipinski definition) is 3. The van der Waals surface area contributed by atoms with Gasteiger partial charge in [0.1, 0.15) is 0 Å². The third kappa shape index (κ3) is 5.88. The van der Waals surface area contributed by atoms with Gasteiger partial charge in [0.15, 0.2) is 11.5 Å². The van der Waals surface area contributed by atoms with Crippen LogP contribution in [0, 0.1) is 0 Å². The van der Waals surface area contributed by atoms with Crippen LogP contribution in [-0.4, -0.2) is 31.6 Å². The SMILES string of the molecule is CCOc1cc(NC(=O)C(N)CC(N)=O)ccc1OC.Cl. The Bertz CT molecular complexity index is 496. The molecule has 0 spiro atoms. The minimum Gasteiger partial charge on any atom is -0.493 e. The molecule has 1 unspecified atom stereocenters. The second-order valence-corrected chi connectivity index (χ2v) is 4.06. The van der Waals surface area contributed by atoms with Gasteiger partial charge in [-0.15, -0.1) is 12.4 Å². The first-order valence-corrected chi connectivity index (χ1v) is 6.13. The fourth-order valence-electron chi connectivity index (χ4n) is 1.57. The Morgan fingerprint density at radius 1 is 1.33 bits per heavy atom. The highest BCUT2D eigenvalue weighted by atomic mass is 35.5. The summed E-state index contributed by atoms with van der Waals surface area (Å²) in [6, 6.07) is 3.96. The van der Waals surface area contributed by atoms with E-state index >= 15 is 0 Å². The fraction of sp³-hybridized carbons (Fsp3) is 0.385. The number of carbonyl (C=O) groups excluding carboxylic acids is 2. The highest BCUT2D eigenvalue weighted by Gasteiger charge is 2.16. The van der Waals surface area contributed by atoms with E-state index in [1.54, 1.807) is 18.2 Å². The van der Waals surface area contributed by atoms with Gasteiger partial charge in [0.25, 0.3) is 0 Å². The van der Waals surface area contributed by atoms with Gasteiger partial charge >= 0.3 is 0 Å². The third-order valence-electron chi connectivity index (χ3n) is 2.49. The first-order chi connectivity index (χ1) is 9.47. The number of ether oxygens (including phenoxy) is 2. The molecular weight excluding hydrogens is 298 g/mol. The molecule has 1 aromatic rings. The van der Waals surface area contributed by atoms with Gasteiger partial charge in [-0.3, -0.25) is 9.59 Å². The molecule has 118 valence electrons. The van der Waals surface area contributed by atoms with E-state index in [0.29, 0.717) is 23.8 Å². The lowest BCUT2D eigenvalue weighted by atomic mass is 10.2. The summed E-state index contributed by atoms with van der Waals surface area (Å²) < 4.78 is 10.5. The van der Waals surface area contributed by atoms with E-state index in [4.69, 9.17) is 20.9 Å². The normalized spacial score (nSPS) is 11.0. The average molecular weight is 318 g/mol. The van der Waals surface area contributed by atoms with Gasteiger partial charge in [0, 0.05) is 11.8 Å². The second-order valence-electron chi connectivity index (χ2n) is 4.06. The zero-order valence-corrected chi connectivity index (χ0v) is 12.7. The number of rotatable bonds is 7. The number of amides is 2. The predicted octanol–water partition coefficient (Wildman–Crippen LogP) is 0.657. The van der Waals surface area contributed by atoms with E-state index in [1.807, 2.05) is 6.92 Å². The van der Waals surface area contributed by atoms with Crippen LogP contribution in [-0.2, 0) is 9.59 Å². The molecule has 1 aromatic carbocycles. The second kappa shape index (κ2) is 9.04. The van der Waals surface area contributed by atoms with E-state index in [9.17, 15) is 9.59 Å². The fourth-order valence-corrected chi connectivity index (χ4v) is 1.57. The summed E-state index contributed by atoms with van der Waals surface area (Å²) in [5, 5.41) is 2.59. The van der Waals surface area contributed by atoms with Gasteiger partial charge in [-0.25, -0.2) is 0 Å². The maximum Gasteiger partial charge on any atom is 0.241 e. The van der Waals surface area contributed by atoms with Crippen LogP contribution in [0.2, 0.25) is 0 Å². The maximum absolute atomic E-state index is 11.8. The summed E-state index contributed by atoms with van der Waals surface area (Å²) in [6.45, 7) is 2.31. The lowest BCUT2D eigenvalue weighted by molar-refractivity contribution is -0.123. The molecule has 7 nitrogen and oxygen atoms in total. The number of methoxy groups -OCH3 is 1. The number of halogens is 1. The Labute approximate surface area is 129 Å². The lowest BCUT2D eigenvalue weighted by Crippen LogP contribution is -2.38. The molecule has 0 aliphatic carbocycles. The van der Waals surface area contributed by atoms with Crippen molar-refractivity contribution in [3.05, 3.63) is 18.2 Å². The van der Waals surface area contributed by atoms with Gasteiger partial charge in [0.05, 0.1) is 26.2 Å². The average Bonchev–Trinajstić information content (AvgIpc) is 2.38. The smallest absolute Gasteiger partial charge is 0.241 e. The van der Waals surface area contributed by atoms with Crippen LogP contribution >= 0.6 is 12.4 Å². The Morgan fingerprint density at radius 3 is 2.52 bits per heavy atom. The van der Waals surface area contributed by atoms with Gasteiger partial charge in [0.2, 0.25) is 11.8 Å². The van der Waals surface area contributed by atoms with Crippen molar-refractivity contribution < 1.29 is 19.1 Å². The van der Waals surface area contributed by atoms with Crippen molar-refractivity contribution in [2.75, 3.05) is 19.0 Å². The first kappa shape index (κ1) is 19.0. The maximum atomic E-state index is 11.8. The Balaban J connectivity index is 0.00000400. The summed E-state index contributed by atoms with van der Waals surface area (Å²) in [7, 11) is 1.53. The lowest BCUT2D eigenvalue weighted by Gasteiger charge is -2.13. The van der Waals surface area contributed by atoms with E-state index in [2.05, 4.69) is 5.32 Å². The number of carbonyl (C=O) groups is 2. The highest BCUT2D eigenvalue weighted by molar-refractivity contribution is 5.97. The number of primary amides is 1. The monoisotopic (exact) mass is 317 g/mol. The molecule has 8 heteroatoms. The van der Waals surface area contributed by atoms with E-state index in [-0.39, 0.29) is 18.8 Å². The molecule has 0 bridgehead atoms. The van der Waals surface area contributed by atoms with Gasteiger partial charge in [-0.05, 0) is 19.1 Å². The van der Waals surface area contributed by atoms with Crippen LogP contribution in [0.15, 0.2) is 18.2 Å². The number of nitrogens with two attached hydrogens (primary N) is 2. The standard InChI is InChI=1S/C13H19N3O4.ClH/c1-3-20-11-6-8(4-5-10(11)19-2)16-13(18)9(14)7-12(15)17;/h4-6,9H,3,7,14H2,1-2H3,(H2,15,17)(H,16,18);1H. The molecule has 0 aliphatic heterocycles. The zero-order valence-electron chi connectivity index (χ0n) is 11.9.